The normalized spacial score (nSPS) is 17.8. The molecule has 112 valence electrons. The molecule has 0 aliphatic heterocycles. The molecule has 1 aliphatic rings. The average Bonchev–Trinajstić information content (AvgIpc) is 2.66. The van der Waals surface area contributed by atoms with Gasteiger partial charge in [0.2, 0.25) is 5.88 Å². The van der Waals surface area contributed by atoms with Gasteiger partial charge in [0.25, 0.3) is 0 Å². The standard InChI is InChI=1S/C17H28N2O/c1-17(2,3)19-13-14-10-11-16(18-12-14)20-15-8-6-4-5-7-9-15/h10-12,15,19H,4-9,13H2,1-3H3. The molecule has 1 aromatic rings. The Balaban J connectivity index is 1.84. The molecule has 1 saturated carbocycles. The van der Waals surface area contributed by atoms with Gasteiger partial charge < -0.3 is 10.1 Å². The van der Waals surface area contributed by atoms with Gasteiger partial charge in [-0.3, -0.25) is 0 Å². The van der Waals surface area contributed by atoms with Gasteiger partial charge in [-0.25, -0.2) is 4.98 Å². The molecule has 0 aromatic carbocycles. The number of rotatable bonds is 4. The van der Waals surface area contributed by atoms with E-state index in [1.807, 2.05) is 12.3 Å². The van der Waals surface area contributed by atoms with E-state index in [1.165, 1.54) is 44.1 Å². The van der Waals surface area contributed by atoms with Crippen LogP contribution >= 0.6 is 0 Å². The number of nitrogens with zero attached hydrogens (tertiary/aromatic N) is 1. The molecule has 2 rings (SSSR count). The lowest BCUT2D eigenvalue weighted by molar-refractivity contribution is 0.176. The smallest absolute Gasteiger partial charge is 0.213 e. The van der Waals surface area contributed by atoms with Crippen molar-refractivity contribution in [2.24, 2.45) is 0 Å². The highest BCUT2D eigenvalue weighted by Gasteiger charge is 2.14. The van der Waals surface area contributed by atoms with Crippen molar-refractivity contribution in [3.05, 3.63) is 23.9 Å². The predicted octanol–water partition coefficient (Wildman–Crippen LogP) is 4.07. The van der Waals surface area contributed by atoms with Gasteiger partial charge in [-0.1, -0.05) is 18.9 Å². The van der Waals surface area contributed by atoms with Gasteiger partial charge in [0.1, 0.15) is 6.10 Å². The van der Waals surface area contributed by atoms with Crippen LogP contribution in [0.1, 0.15) is 64.9 Å². The van der Waals surface area contributed by atoms with Gasteiger partial charge in [-0.2, -0.15) is 0 Å². The van der Waals surface area contributed by atoms with Crippen LogP contribution in [0, 0.1) is 0 Å². The van der Waals surface area contributed by atoms with Crippen molar-refractivity contribution >= 4 is 0 Å². The minimum Gasteiger partial charge on any atom is -0.474 e. The molecule has 3 nitrogen and oxygen atoms in total. The van der Waals surface area contributed by atoms with E-state index in [2.05, 4.69) is 37.1 Å². The summed E-state index contributed by atoms with van der Waals surface area (Å²) in [6.45, 7) is 7.36. The lowest BCUT2D eigenvalue weighted by atomic mass is 10.1. The molecule has 0 saturated heterocycles. The Labute approximate surface area is 123 Å². The van der Waals surface area contributed by atoms with Crippen molar-refractivity contribution in [2.75, 3.05) is 0 Å². The monoisotopic (exact) mass is 276 g/mol. The third kappa shape index (κ3) is 5.49. The molecule has 1 fully saturated rings. The van der Waals surface area contributed by atoms with Crippen LogP contribution in [0.4, 0.5) is 0 Å². The number of nitrogens with one attached hydrogen (secondary N) is 1. The van der Waals surface area contributed by atoms with Crippen LogP contribution < -0.4 is 10.1 Å². The minimum absolute atomic E-state index is 0.134. The molecule has 1 aromatic heterocycles. The summed E-state index contributed by atoms with van der Waals surface area (Å²) in [6.07, 6.45) is 9.92. The van der Waals surface area contributed by atoms with E-state index in [9.17, 15) is 0 Å². The maximum atomic E-state index is 6.00. The molecule has 3 heteroatoms. The van der Waals surface area contributed by atoms with E-state index in [-0.39, 0.29) is 5.54 Å². The second kappa shape index (κ2) is 7.07. The van der Waals surface area contributed by atoms with Crippen molar-refractivity contribution in [2.45, 2.75) is 77.5 Å². The van der Waals surface area contributed by atoms with E-state index >= 15 is 0 Å². The molecule has 0 amide bonds. The summed E-state index contributed by atoms with van der Waals surface area (Å²) in [5.74, 6) is 0.774. The highest BCUT2D eigenvalue weighted by molar-refractivity contribution is 5.18. The first kappa shape index (κ1) is 15.3. The van der Waals surface area contributed by atoms with Crippen LogP contribution in [-0.2, 0) is 6.54 Å². The fourth-order valence-corrected chi connectivity index (χ4v) is 2.48. The average molecular weight is 276 g/mol. The summed E-state index contributed by atoms with van der Waals surface area (Å²) in [5.41, 5.74) is 1.34. The zero-order valence-corrected chi connectivity index (χ0v) is 13.1. The third-order valence-corrected chi connectivity index (χ3v) is 3.71. The Kier molecular flexibility index (Phi) is 5.41. The summed E-state index contributed by atoms with van der Waals surface area (Å²) < 4.78 is 6.00. The fraction of sp³-hybridized carbons (Fsp3) is 0.706. The fourth-order valence-electron chi connectivity index (χ4n) is 2.48. The molecule has 0 spiro atoms. The summed E-state index contributed by atoms with van der Waals surface area (Å²) in [6, 6.07) is 4.11. The van der Waals surface area contributed by atoms with Crippen LogP contribution in [0.5, 0.6) is 5.88 Å². The number of ether oxygens (including phenoxy) is 1. The van der Waals surface area contributed by atoms with Crippen LogP contribution in [0.2, 0.25) is 0 Å². The lowest BCUT2D eigenvalue weighted by Gasteiger charge is -2.20. The quantitative estimate of drug-likeness (QED) is 0.842. The van der Waals surface area contributed by atoms with Crippen molar-refractivity contribution in [3.63, 3.8) is 0 Å². The second-order valence-corrected chi connectivity index (χ2v) is 6.84. The topological polar surface area (TPSA) is 34.1 Å². The number of hydrogen-bond acceptors (Lipinski definition) is 3. The highest BCUT2D eigenvalue weighted by Crippen LogP contribution is 2.21. The van der Waals surface area contributed by atoms with Gasteiger partial charge >= 0.3 is 0 Å². The number of aromatic nitrogens is 1. The molecule has 0 bridgehead atoms. The first-order valence-electron chi connectivity index (χ1n) is 7.89. The number of pyridine rings is 1. The van der Waals surface area contributed by atoms with E-state index in [4.69, 9.17) is 4.74 Å². The Morgan fingerprint density at radius 1 is 1.15 bits per heavy atom. The molecule has 1 heterocycles. The van der Waals surface area contributed by atoms with E-state index in [1.54, 1.807) is 0 Å². The van der Waals surface area contributed by atoms with Gasteiger partial charge in [-0.05, 0) is 52.0 Å². The van der Waals surface area contributed by atoms with E-state index < -0.39 is 0 Å². The Bertz CT molecular complexity index is 386. The summed E-state index contributed by atoms with van der Waals surface area (Å²) >= 11 is 0. The molecular formula is C17H28N2O. The maximum absolute atomic E-state index is 6.00. The molecule has 20 heavy (non-hydrogen) atoms. The molecule has 0 atom stereocenters. The van der Waals surface area contributed by atoms with Gasteiger partial charge in [0, 0.05) is 24.3 Å². The van der Waals surface area contributed by atoms with Crippen molar-refractivity contribution < 1.29 is 4.74 Å². The Morgan fingerprint density at radius 3 is 2.40 bits per heavy atom. The van der Waals surface area contributed by atoms with Crippen molar-refractivity contribution in [3.8, 4) is 5.88 Å². The van der Waals surface area contributed by atoms with Gasteiger partial charge in [0.15, 0.2) is 0 Å². The summed E-state index contributed by atoms with van der Waals surface area (Å²) in [4.78, 5) is 4.44. The largest absolute Gasteiger partial charge is 0.474 e. The SMILES string of the molecule is CC(C)(C)NCc1ccc(OC2CCCCCC2)nc1. The zero-order valence-electron chi connectivity index (χ0n) is 13.1. The first-order valence-corrected chi connectivity index (χ1v) is 7.89. The molecular weight excluding hydrogens is 248 g/mol. The molecule has 1 aliphatic carbocycles. The maximum Gasteiger partial charge on any atom is 0.213 e. The lowest BCUT2D eigenvalue weighted by Crippen LogP contribution is -2.35. The summed E-state index contributed by atoms with van der Waals surface area (Å²) in [7, 11) is 0. The summed E-state index contributed by atoms with van der Waals surface area (Å²) in [5, 5.41) is 3.47. The minimum atomic E-state index is 0.134. The van der Waals surface area contributed by atoms with Crippen molar-refractivity contribution in [1.82, 2.24) is 10.3 Å². The molecule has 0 radical (unpaired) electrons. The van der Waals surface area contributed by atoms with Crippen LogP contribution in [0.3, 0.4) is 0 Å². The Morgan fingerprint density at radius 2 is 1.85 bits per heavy atom. The molecule has 0 unspecified atom stereocenters. The Hall–Kier alpha value is -1.09. The van der Waals surface area contributed by atoms with Crippen LogP contribution in [-0.4, -0.2) is 16.6 Å². The van der Waals surface area contributed by atoms with Gasteiger partial charge in [-0.15, -0.1) is 0 Å². The van der Waals surface area contributed by atoms with Crippen LogP contribution in [0.25, 0.3) is 0 Å². The van der Waals surface area contributed by atoms with E-state index in [0.717, 1.165) is 12.4 Å². The molecule has 1 N–H and O–H groups in total. The first-order chi connectivity index (χ1) is 9.53. The van der Waals surface area contributed by atoms with E-state index in [0.29, 0.717) is 6.10 Å². The third-order valence-electron chi connectivity index (χ3n) is 3.71. The number of hydrogen-bond donors (Lipinski definition) is 1. The highest BCUT2D eigenvalue weighted by atomic mass is 16.5. The van der Waals surface area contributed by atoms with Crippen molar-refractivity contribution in [1.29, 1.82) is 0 Å². The zero-order chi connectivity index (χ0) is 14.4. The predicted molar refractivity (Wildman–Crippen MR) is 82.9 cm³/mol. The second-order valence-electron chi connectivity index (χ2n) is 6.84. The van der Waals surface area contributed by atoms with Crippen LogP contribution in [0.15, 0.2) is 18.3 Å². The van der Waals surface area contributed by atoms with Gasteiger partial charge in [0.05, 0.1) is 0 Å².